The van der Waals surface area contributed by atoms with Crippen LogP contribution in [0.5, 0.6) is 0 Å². The molecule has 3 fully saturated rings. The Bertz CT molecular complexity index is 1480. The first kappa shape index (κ1) is 31.5. The van der Waals surface area contributed by atoms with Gasteiger partial charge < -0.3 is 19.7 Å². The molecule has 1 saturated carbocycles. The maximum atomic E-state index is 15.3. The number of carbonyl (C=O) groups is 1. The van der Waals surface area contributed by atoms with Gasteiger partial charge in [-0.2, -0.15) is 5.26 Å². The number of nitriles is 1. The number of hydrogen-bond acceptors (Lipinski definition) is 7. The zero-order valence-electron chi connectivity index (χ0n) is 25.8. The summed E-state index contributed by atoms with van der Waals surface area (Å²) >= 11 is 6.50. The molecule has 0 amide bonds. The van der Waals surface area contributed by atoms with Crippen molar-refractivity contribution in [2.24, 2.45) is 11.3 Å². The Kier molecular flexibility index (Phi) is 8.61. The van der Waals surface area contributed by atoms with Crippen LogP contribution >= 0.6 is 11.6 Å². The van der Waals surface area contributed by atoms with Crippen LogP contribution in [0.2, 0.25) is 5.02 Å². The van der Waals surface area contributed by atoms with Gasteiger partial charge in [0.25, 0.3) is 0 Å². The number of hydrogen-bond donors (Lipinski definition) is 1. The van der Waals surface area contributed by atoms with E-state index in [0.717, 1.165) is 30.2 Å². The van der Waals surface area contributed by atoms with E-state index in [4.69, 9.17) is 26.1 Å². The number of piperidine rings is 1. The van der Waals surface area contributed by atoms with Gasteiger partial charge >= 0.3 is 0 Å². The number of ether oxygens (including phenoxy) is 2. The summed E-state index contributed by atoms with van der Waals surface area (Å²) in [7, 11) is 2.10. The molecule has 0 radical (unpaired) electrons. The number of fused-ring (bicyclic) bond motifs is 2. The van der Waals surface area contributed by atoms with Gasteiger partial charge in [0.2, 0.25) is 0 Å². The lowest BCUT2D eigenvalue weighted by molar-refractivity contribution is -0.143. The minimum absolute atomic E-state index is 0.0134. The molecule has 1 N–H and O–H groups in total. The second-order valence-electron chi connectivity index (χ2n) is 13.7. The Morgan fingerprint density at radius 3 is 2.64 bits per heavy atom. The first-order valence-electron chi connectivity index (χ1n) is 15.7. The van der Waals surface area contributed by atoms with Crippen molar-refractivity contribution < 1.29 is 23.0 Å². The third-order valence-corrected chi connectivity index (χ3v) is 11.0. The molecule has 1 aromatic heterocycles. The standard InChI is InChI=1S/C34H41ClF2N4O3/c1-19-27(35)16-26-31(40-19)34(44-32(26)33(2,3)18-38)9-10-39-29(17-34)30(42)25-15-22(41(4)21-7-11-43-12-8-21)14-24(25)23-6-5-20(36)13-28(23)37/h5-6,13,16,21-22,24-25,29,32,39H,7-12,14-15,17H2,1-4H3/t22?,24-,25+,29?,32?,34?/m0/s1. The molecule has 6 rings (SSSR count). The topological polar surface area (TPSA) is 87.5 Å². The minimum Gasteiger partial charge on any atom is -0.381 e. The quantitative estimate of drug-likeness (QED) is 0.413. The molecule has 4 unspecified atom stereocenters. The van der Waals surface area contributed by atoms with Gasteiger partial charge in [0, 0.05) is 49.3 Å². The van der Waals surface area contributed by atoms with Crippen LogP contribution in [0, 0.1) is 41.2 Å². The summed E-state index contributed by atoms with van der Waals surface area (Å²) in [5, 5.41) is 14.0. The smallest absolute Gasteiger partial charge is 0.153 e. The van der Waals surface area contributed by atoms with Crippen LogP contribution in [0.1, 0.15) is 86.9 Å². The predicted octanol–water partition coefficient (Wildman–Crippen LogP) is 6.13. The van der Waals surface area contributed by atoms with E-state index in [1.54, 1.807) is 0 Å². The molecule has 6 atom stereocenters. The Labute approximate surface area is 263 Å². The predicted molar refractivity (Wildman–Crippen MR) is 162 cm³/mol. The summed E-state index contributed by atoms with van der Waals surface area (Å²) in [5.74, 6) is -2.06. The minimum atomic E-state index is -0.859. The highest BCUT2D eigenvalue weighted by Gasteiger charge is 2.55. The fourth-order valence-corrected chi connectivity index (χ4v) is 8.19. The molecule has 44 heavy (non-hydrogen) atoms. The second kappa shape index (κ2) is 12.0. The number of Topliss-reactive ketones (excluding diaryl/α,β-unsaturated/α-hetero) is 1. The van der Waals surface area contributed by atoms with Crippen LogP contribution in [-0.2, 0) is 19.9 Å². The molecule has 2 saturated heterocycles. The lowest BCUT2D eigenvalue weighted by Crippen LogP contribution is -2.52. The molecule has 4 heterocycles. The van der Waals surface area contributed by atoms with E-state index in [1.807, 2.05) is 26.8 Å². The van der Waals surface area contributed by atoms with Crippen molar-refractivity contribution in [3.8, 4) is 6.07 Å². The molecule has 1 aromatic carbocycles. The van der Waals surface area contributed by atoms with Crippen LogP contribution in [0.25, 0.3) is 0 Å². The first-order valence-corrected chi connectivity index (χ1v) is 16.1. The van der Waals surface area contributed by atoms with Crippen molar-refractivity contribution in [3.05, 3.63) is 63.4 Å². The molecule has 0 bridgehead atoms. The van der Waals surface area contributed by atoms with E-state index in [9.17, 15) is 14.4 Å². The van der Waals surface area contributed by atoms with E-state index in [0.29, 0.717) is 67.8 Å². The zero-order valence-corrected chi connectivity index (χ0v) is 26.6. The van der Waals surface area contributed by atoms with Crippen molar-refractivity contribution in [1.29, 1.82) is 5.26 Å². The molecule has 236 valence electrons. The van der Waals surface area contributed by atoms with E-state index < -0.39 is 40.7 Å². The lowest BCUT2D eigenvalue weighted by atomic mass is 9.77. The normalized spacial score (nSPS) is 30.9. The summed E-state index contributed by atoms with van der Waals surface area (Å²) in [5.41, 5.74) is 0.904. The molecule has 1 spiro atoms. The van der Waals surface area contributed by atoms with Gasteiger partial charge in [-0.1, -0.05) is 17.7 Å². The Morgan fingerprint density at radius 2 is 1.93 bits per heavy atom. The number of aromatic nitrogens is 1. The molecule has 3 aliphatic heterocycles. The number of nitrogens with zero attached hydrogens (tertiary/aromatic N) is 3. The molecule has 1 aliphatic carbocycles. The van der Waals surface area contributed by atoms with Gasteiger partial charge in [-0.25, -0.2) is 8.78 Å². The van der Waals surface area contributed by atoms with E-state index >= 15 is 4.39 Å². The van der Waals surface area contributed by atoms with Crippen LogP contribution in [-0.4, -0.2) is 60.6 Å². The maximum Gasteiger partial charge on any atom is 0.153 e. The third kappa shape index (κ3) is 5.58. The van der Waals surface area contributed by atoms with Gasteiger partial charge in [0.1, 0.15) is 23.3 Å². The number of carbonyl (C=O) groups excluding carboxylic acids is 1. The van der Waals surface area contributed by atoms with Crippen molar-refractivity contribution in [2.45, 2.75) is 95.0 Å². The van der Waals surface area contributed by atoms with Crippen LogP contribution in [0.3, 0.4) is 0 Å². The third-order valence-electron chi connectivity index (χ3n) is 10.6. The maximum absolute atomic E-state index is 15.3. The molecule has 10 heteroatoms. The Morgan fingerprint density at radius 1 is 1.18 bits per heavy atom. The summed E-state index contributed by atoms with van der Waals surface area (Å²) < 4.78 is 41.6. The largest absolute Gasteiger partial charge is 0.381 e. The fraction of sp³-hybridized carbons (Fsp3) is 0.618. The van der Waals surface area contributed by atoms with Gasteiger partial charge in [-0.3, -0.25) is 9.78 Å². The fourth-order valence-electron chi connectivity index (χ4n) is 8.03. The number of ketones is 1. The summed E-state index contributed by atoms with van der Waals surface area (Å²) in [6.45, 7) is 7.46. The van der Waals surface area contributed by atoms with Crippen molar-refractivity contribution in [2.75, 3.05) is 26.8 Å². The van der Waals surface area contributed by atoms with Crippen molar-refractivity contribution in [3.63, 3.8) is 0 Å². The van der Waals surface area contributed by atoms with Crippen molar-refractivity contribution in [1.82, 2.24) is 15.2 Å². The second-order valence-corrected chi connectivity index (χ2v) is 14.1. The van der Waals surface area contributed by atoms with Gasteiger partial charge in [-0.05, 0) is 90.1 Å². The number of rotatable bonds is 6. The van der Waals surface area contributed by atoms with Gasteiger partial charge in [-0.15, -0.1) is 0 Å². The molecular weight excluding hydrogens is 586 g/mol. The average Bonchev–Trinajstić information content (AvgIpc) is 3.57. The first-order chi connectivity index (χ1) is 20.9. The van der Waals surface area contributed by atoms with Crippen LogP contribution < -0.4 is 5.32 Å². The summed E-state index contributed by atoms with van der Waals surface area (Å²) in [6, 6.07) is 7.80. The van der Waals surface area contributed by atoms with Crippen LogP contribution in [0.4, 0.5) is 8.78 Å². The molecule has 7 nitrogen and oxygen atoms in total. The molecule has 2 aromatic rings. The Balaban J connectivity index is 1.32. The zero-order chi connectivity index (χ0) is 31.4. The van der Waals surface area contributed by atoms with Gasteiger partial charge in [0.15, 0.2) is 5.78 Å². The molecular formula is C34H41ClF2N4O3. The van der Waals surface area contributed by atoms with E-state index in [-0.39, 0.29) is 17.7 Å². The number of nitrogens with one attached hydrogen (secondary N) is 1. The number of pyridine rings is 1. The SMILES string of the molecule is Cc1nc2c(cc1Cl)C(C(C)(C)C#N)OC21CCNC(C(=O)[C@@H]2CC(N(C)C3CCOCC3)C[C@H]2c2ccc(F)cc2F)C1. The molecule has 4 aliphatic rings. The van der Waals surface area contributed by atoms with E-state index in [2.05, 4.69) is 23.3 Å². The summed E-state index contributed by atoms with van der Waals surface area (Å²) in [4.78, 5) is 21.8. The van der Waals surface area contributed by atoms with Crippen molar-refractivity contribution >= 4 is 17.4 Å². The average molecular weight is 627 g/mol. The summed E-state index contributed by atoms with van der Waals surface area (Å²) in [6.07, 6.45) is 3.43. The van der Waals surface area contributed by atoms with Crippen LogP contribution in [0.15, 0.2) is 24.3 Å². The Hall–Kier alpha value is -2.48. The highest BCUT2D eigenvalue weighted by Crippen LogP contribution is 2.55. The monoisotopic (exact) mass is 626 g/mol. The lowest BCUT2D eigenvalue weighted by Gasteiger charge is -2.40. The highest BCUT2D eigenvalue weighted by atomic mass is 35.5. The number of aryl methyl sites for hydroxylation is 1. The highest BCUT2D eigenvalue weighted by molar-refractivity contribution is 6.31. The number of benzene rings is 1. The van der Waals surface area contributed by atoms with Gasteiger partial charge in [0.05, 0.1) is 33.9 Å². The number of halogens is 3. The van der Waals surface area contributed by atoms with E-state index in [1.165, 1.54) is 12.1 Å².